The first kappa shape index (κ1) is 20.7. The standard InChI is InChI=1S/C23H28O4/c1-6-23(5)12-11-17(13-20(23)15(2)3)16(4)14-27-22(26)19-10-8-7-9-18(19)21(24)25/h6-10,17,20H,1-2,4,11-14H2,3,5H3,(H,24,25)/t17-,20+,23-/m1/s1. The van der Waals surface area contributed by atoms with Gasteiger partial charge in [0.2, 0.25) is 0 Å². The predicted molar refractivity (Wildman–Crippen MR) is 107 cm³/mol. The lowest BCUT2D eigenvalue weighted by molar-refractivity contribution is 0.0510. The Morgan fingerprint density at radius 1 is 1.30 bits per heavy atom. The third kappa shape index (κ3) is 4.57. The predicted octanol–water partition coefficient (Wildman–Crippen LogP) is 5.28. The van der Waals surface area contributed by atoms with Crippen LogP contribution in [0.2, 0.25) is 0 Å². The number of carbonyl (C=O) groups is 2. The average Bonchev–Trinajstić information content (AvgIpc) is 2.65. The van der Waals surface area contributed by atoms with Crippen molar-refractivity contribution in [2.75, 3.05) is 6.61 Å². The van der Waals surface area contributed by atoms with E-state index in [9.17, 15) is 14.7 Å². The van der Waals surface area contributed by atoms with Crippen LogP contribution in [0.5, 0.6) is 0 Å². The molecule has 1 aliphatic carbocycles. The summed E-state index contributed by atoms with van der Waals surface area (Å²) in [5.41, 5.74) is 2.01. The van der Waals surface area contributed by atoms with Gasteiger partial charge in [0.15, 0.2) is 0 Å². The first-order valence-corrected chi connectivity index (χ1v) is 9.15. The molecule has 0 bridgehead atoms. The average molecular weight is 368 g/mol. The summed E-state index contributed by atoms with van der Waals surface area (Å²) >= 11 is 0. The highest BCUT2D eigenvalue weighted by atomic mass is 16.5. The summed E-state index contributed by atoms with van der Waals surface area (Å²) in [6, 6.07) is 6.05. The smallest absolute Gasteiger partial charge is 0.339 e. The minimum Gasteiger partial charge on any atom is -0.478 e. The summed E-state index contributed by atoms with van der Waals surface area (Å²) in [4.78, 5) is 23.6. The van der Waals surface area contributed by atoms with E-state index in [1.807, 2.05) is 13.0 Å². The number of rotatable bonds is 7. The molecule has 1 aromatic rings. The SMILES string of the molecule is C=C[C@]1(C)CC[C@@H](C(=C)COC(=O)c2ccccc2C(=O)O)C[C@H]1C(=C)C. The zero-order valence-corrected chi connectivity index (χ0v) is 16.2. The molecule has 1 saturated carbocycles. The number of benzene rings is 1. The van der Waals surface area contributed by atoms with Gasteiger partial charge in [-0.15, -0.1) is 6.58 Å². The molecule has 0 spiro atoms. The Bertz CT molecular complexity index is 776. The summed E-state index contributed by atoms with van der Waals surface area (Å²) in [5.74, 6) is -1.24. The number of allylic oxidation sites excluding steroid dienone is 2. The first-order chi connectivity index (χ1) is 12.7. The fourth-order valence-corrected chi connectivity index (χ4v) is 3.91. The van der Waals surface area contributed by atoms with E-state index in [1.165, 1.54) is 12.1 Å². The van der Waals surface area contributed by atoms with Crippen molar-refractivity contribution in [1.29, 1.82) is 0 Å². The van der Waals surface area contributed by atoms with Crippen LogP contribution in [0.4, 0.5) is 0 Å². The maximum Gasteiger partial charge on any atom is 0.339 e. The summed E-state index contributed by atoms with van der Waals surface area (Å²) in [6.45, 7) is 16.6. The number of carboxylic acids is 1. The summed E-state index contributed by atoms with van der Waals surface area (Å²) in [7, 11) is 0. The Balaban J connectivity index is 2.02. The Kier molecular flexibility index (Phi) is 6.42. The molecule has 1 N–H and O–H groups in total. The zero-order chi connectivity index (χ0) is 20.2. The Morgan fingerprint density at radius 2 is 1.93 bits per heavy atom. The Morgan fingerprint density at radius 3 is 2.48 bits per heavy atom. The van der Waals surface area contributed by atoms with E-state index < -0.39 is 11.9 Å². The number of esters is 1. The second-order valence-corrected chi connectivity index (χ2v) is 7.67. The molecular weight excluding hydrogens is 340 g/mol. The summed E-state index contributed by atoms with van der Waals surface area (Å²) < 4.78 is 5.36. The van der Waals surface area contributed by atoms with Gasteiger partial charge in [0.05, 0.1) is 11.1 Å². The molecule has 0 radical (unpaired) electrons. The largest absolute Gasteiger partial charge is 0.478 e. The van der Waals surface area contributed by atoms with E-state index in [0.29, 0.717) is 5.92 Å². The monoisotopic (exact) mass is 368 g/mol. The number of aromatic carboxylic acids is 1. The highest BCUT2D eigenvalue weighted by Gasteiger charge is 2.38. The zero-order valence-electron chi connectivity index (χ0n) is 16.2. The number of ether oxygens (including phenoxy) is 1. The number of carbonyl (C=O) groups excluding carboxylic acids is 1. The lowest BCUT2D eigenvalue weighted by Gasteiger charge is -2.43. The van der Waals surface area contributed by atoms with Crippen LogP contribution in [0, 0.1) is 17.3 Å². The van der Waals surface area contributed by atoms with Gasteiger partial charge in [-0.3, -0.25) is 0 Å². The molecule has 4 heteroatoms. The third-order valence-corrected chi connectivity index (χ3v) is 5.75. The molecule has 0 aromatic heterocycles. The molecule has 3 atom stereocenters. The van der Waals surface area contributed by atoms with Crippen LogP contribution in [-0.4, -0.2) is 23.7 Å². The number of hydrogen-bond acceptors (Lipinski definition) is 3. The second-order valence-electron chi connectivity index (χ2n) is 7.67. The molecule has 1 aliphatic rings. The molecule has 0 amide bonds. The van der Waals surface area contributed by atoms with Gasteiger partial charge in [0.25, 0.3) is 0 Å². The lowest BCUT2D eigenvalue weighted by atomic mass is 9.61. The number of carboxylic acid groups (broad SMARTS) is 1. The van der Waals surface area contributed by atoms with Crippen LogP contribution in [0.3, 0.4) is 0 Å². The van der Waals surface area contributed by atoms with Crippen molar-refractivity contribution < 1.29 is 19.4 Å². The maximum atomic E-state index is 12.3. The van der Waals surface area contributed by atoms with E-state index >= 15 is 0 Å². The molecule has 4 nitrogen and oxygen atoms in total. The van der Waals surface area contributed by atoms with Gasteiger partial charge >= 0.3 is 11.9 Å². The second kappa shape index (κ2) is 8.38. The fourth-order valence-electron chi connectivity index (χ4n) is 3.91. The van der Waals surface area contributed by atoms with Crippen LogP contribution in [0.1, 0.15) is 53.8 Å². The highest BCUT2D eigenvalue weighted by Crippen LogP contribution is 2.48. The Labute approximate surface area is 161 Å². The van der Waals surface area contributed by atoms with Crippen LogP contribution in [0.15, 0.2) is 61.2 Å². The van der Waals surface area contributed by atoms with Crippen LogP contribution in [-0.2, 0) is 4.74 Å². The van der Waals surface area contributed by atoms with Crippen molar-refractivity contribution in [3.63, 3.8) is 0 Å². The summed E-state index contributed by atoms with van der Waals surface area (Å²) in [6.07, 6.45) is 4.86. The summed E-state index contributed by atoms with van der Waals surface area (Å²) in [5, 5.41) is 9.21. The molecule has 144 valence electrons. The minimum absolute atomic E-state index is 0.0275. The van der Waals surface area contributed by atoms with Gasteiger partial charge in [-0.25, -0.2) is 9.59 Å². The van der Waals surface area contributed by atoms with Crippen molar-refractivity contribution >= 4 is 11.9 Å². The number of hydrogen-bond donors (Lipinski definition) is 1. The van der Waals surface area contributed by atoms with Gasteiger partial charge in [0.1, 0.15) is 6.61 Å². The molecule has 0 heterocycles. The topological polar surface area (TPSA) is 63.6 Å². The van der Waals surface area contributed by atoms with Crippen LogP contribution >= 0.6 is 0 Å². The molecule has 0 unspecified atom stereocenters. The normalized spacial score (nSPS) is 24.7. The molecular formula is C23H28O4. The maximum absolute atomic E-state index is 12.3. The van der Waals surface area contributed by atoms with E-state index in [0.717, 1.165) is 30.4 Å². The molecule has 1 fully saturated rings. The van der Waals surface area contributed by atoms with Gasteiger partial charge in [0, 0.05) is 0 Å². The molecule has 0 saturated heterocycles. The van der Waals surface area contributed by atoms with Crippen molar-refractivity contribution in [2.24, 2.45) is 17.3 Å². The van der Waals surface area contributed by atoms with Crippen molar-refractivity contribution in [3.05, 3.63) is 72.4 Å². The molecule has 2 rings (SSSR count). The van der Waals surface area contributed by atoms with Gasteiger partial charge in [-0.2, -0.15) is 0 Å². The fraction of sp³-hybridized carbons (Fsp3) is 0.391. The van der Waals surface area contributed by atoms with Crippen LogP contribution < -0.4 is 0 Å². The molecule has 0 aliphatic heterocycles. The van der Waals surface area contributed by atoms with Gasteiger partial charge < -0.3 is 9.84 Å². The molecule has 27 heavy (non-hydrogen) atoms. The first-order valence-electron chi connectivity index (χ1n) is 9.15. The minimum atomic E-state index is -1.15. The van der Waals surface area contributed by atoms with Crippen molar-refractivity contribution in [3.8, 4) is 0 Å². The highest BCUT2D eigenvalue weighted by molar-refractivity contribution is 6.02. The van der Waals surface area contributed by atoms with Gasteiger partial charge in [-0.1, -0.05) is 43.9 Å². The van der Waals surface area contributed by atoms with E-state index in [4.69, 9.17) is 4.74 Å². The van der Waals surface area contributed by atoms with E-state index in [-0.39, 0.29) is 29.1 Å². The van der Waals surface area contributed by atoms with E-state index in [1.54, 1.807) is 12.1 Å². The molecule has 1 aromatic carbocycles. The quantitative estimate of drug-likeness (QED) is 0.525. The van der Waals surface area contributed by atoms with E-state index in [2.05, 4.69) is 26.7 Å². The van der Waals surface area contributed by atoms with Gasteiger partial charge in [-0.05, 0) is 61.1 Å². The van der Waals surface area contributed by atoms with Crippen molar-refractivity contribution in [1.82, 2.24) is 0 Å². The Hall–Kier alpha value is -2.62. The van der Waals surface area contributed by atoms with Crippen LogP contribution in [0.25, 0.3) is 0 Å². The third-order valence-electron chi connectivity index (χ3n) is 5.75. The lowest BCUT2D eigenvalue weighted by Crippen LogP contribution is -2.34. The van der Waals surface area contributed by atoms with Crippen molar-refractivity contribution in [2.45, 2.75) is 33.1 Å².